The summed E-state index contributed by atoms with van der Waals surface area (Å²) >= 11 is 0. The molecule has 1 amide bonds. The number of amides is 1. The Bertz CT molecular complexity index is 479. The zero-order valence-corrected chi connectivity index (χ0v) is 11.8. The van der Waals surface area contributed by atoms with E-state index in [-0.39, 0.29) is 22.6 Å². The van der Waals surface area contributed by atoms with Crippen molar-refractivity contribution in [2.45, 2.75) is 46.6 Å². The topological polar surface area (TPSA) is 37.4 Å². The molecule has 0 bridgehead atoms. The van der Waals surface area contributed by atoms with E-state index in [4.69, 9.17) is 0 Å². The molecule has 1 aliphatic heterocycles. The van der Waals surface area contributed by atoms with Gasteiger partial charge in [0.05, 0.1) is 0 Å². The van der Waals surface area contributed by atoms with E-state index in [1.807, 2.05) is 45.6 Å². The van der Waals surface area contributed by atoms with Crippen molar-refractivity contribution >= 4 is 11.7 Å². The Kier molecular flexibility index (Phi) is 2.76. The molecule has 18 heavy (non-hydrogen) atoms. The molecule has 3 nitrogen and oxygen atoms in total. The van der Waals surface area contributed by atoms with Crippen LogP contribution in [0, 0.1) is 5.41 Å². The molecule has 0 aromatic rings. The van der Waals surface area contributed by atoms with Crippen LogP contribution in [0.25, 0.3) is 0 Å². The van der Waals surface area contributed by atoms with Gasteiger partial charge in [0.2, 0.25) is 5.91 Å². The minimum Gasteiger partial charge on any atom is -0.337 e. The van der Waals surface area contributed by atoms with Gasteiger partial charge in [0.15, 0.2) is 5.78 Å². The summed E-state index contributed by atoms with van der Waals surface area (Å²) in [5.41, 5.74) is 1.34. The Morgan fingerprint density at radius 2 is 1.83 bits per heavy atom. The molecule has 0 aromatic carbocycles. The maximum atomic E-state index is 12.2. The van der Waals surface area contributed by atoms with Crippen molar-refractivity contribution in [3.05, 3.63) is 23.3 Å². The van der Waals surface area contributed by atoms with E-state index in [0.717, 1.165) is 11.1 Å². The molecule has 1 heterocycles. The van der Waals surface area contributed by atoms with E-state index in [1.54, 1.807) is 6.08 Å². The summed E-state index contributed by atoms with van der Waals surface area (Å²) in [4.78, 5) is 25.8. The number of hydrogen-bond acceptors (Lipinski definition) is 2. The van der Waals surface area contributed by atoms with Crippen LogP contribution in [-0.4, -0.2) is 28.7 Å². The summed E-state index contributed by atoms with van der Waals surface area (Å²) in [5.74, 6) is 0.244. The Balaban J connectivity index is 2.39. The van der Waals surface area contributed by atoms with Crippen LogP contribution in [0.4, 0.5) is 0 Å². The van der Waals surface area contributed by atoms with E-state index in [2.05, 4.69) is 0 Å². The fraction of sp³-hybridized carbons (Fsp3) is 0.600. The molecule has 2 rings (SSSR count). The van der Waals surface area contributed by atoms with Crippen molar-refractivity contribution < 1.29 is 9.59 Å². The average Bonchev–Trinajstić information content (AvgIpc) is 2.54. The molecule has 1 spiro atoms. The van der Waals surface area contributed by atoms with Gasteiger partial charge < -0.3 is 4.90 Å². The van der Waals surface area contributed by atoms with E-state index in [1.165, 1.54) is 0 Å². The largest absolute Gasteiger partial charge is 0.337 e. The SMILES string of the molecule is CC1=CC2(CC(=O)N(C(C)(C)C)C2)C(C)=CC1=O. The highest BCUT2D eigenvalue weighted by molar-refractivity contribution is 6.05. The van der Waals surface area contributed by atoms with Crippen LogP contribution in [0.1, 0.15) is 41.0 Å². The first-order valence-electron chi connectivity index (χ1n) is 6.39. The van der Waals surface area contributed by atoms with E-state index < -0.39 is 0 Å². The zero-order valence-electron chi connectivity index (χ0n) is 11.8. The summed E-state index contributed by atoms with van der Waals surface area (Å²) in [6, 6.07) is 0. The van der Waals surface area contributed by atoms with Crippen LogP contribution < -0.4 is 0 Å². The van der Waals surface area contributed by atoms with Crippen molar-refractivity contribution in [3.8, 4) is 0 Å². The first kappa shape index (κ1) is 13.1. The van der Waals surface area contributed by atoms with Crippen LogP contribution in [0.15, 0.2) is 23.3 Å². The number of rotatable bonds is 0. The summed E-state index contributed by atoms with van der Waals surface area (Å²) in [5, 5.41) is 0. The molecular formula is C15H21NO2. The number of allylic oxidation sites excluding steroid dienone is 2. The van der Waals surface area contributed by atoms with Crippen molar-refractivity contribution in [1.29, 1.82) is 0 Å². The van der Waals surface area contributed by atoms with Crippen LogP contribution in [-0.2, 0) is 9.59 Å². The Morgan fingerprint density at radius 1 is 1.22 bits per heavy atom. The van der Waals surface area contributed by atoms with Crippen LogP contribution in [0.3, 0.4) is 0 Å². The molecule has 1 unspecified atom stereocenters. The molecule has 3 heteroatoms. The van der Waals surface area contributed by atoms with Crippen molar-refractivity contribution in [2.24, 2.45) is 5.41 Å². The van der Waals surface area contributed by atoms with Gasteiger partial charge in [-0.1, -0.05) is 11.6 Å². The zero-order chi connectivity index (χ0) is 13.7. The summed E-state index contributed by atoms with van der Waals surface area (Å²) in [7, 11) is 0. The average molecular weight is 247 g/mol. The first-order valence-corrected chi connectivity index (χ1v) is 6.39. The van der Waals surface area contributed by atoms with Crippen LogP contribution >= 0.6 is 0 Å². The molecule has 1 aliphatic carbocycles. The maximum absolute atomic E-state index is 12.2. The third-order valence-electron chi connectivity index (χ3n) is 4.03. The molecule has 0 N–H and O–H groups in total. The van der Waals surface area contributed by atoms with Gasteiger partial charge in [0.25, 0.3) is 0 Å². The van der Waals surface area contributed by atoms with Crippen molar-refractivity contribution in [1.82, 2.24) is 4.90 Å². The Hall–Kier alpha value is -1.38. The molecule has 1 saturated heterocycles. The molecule has 1 atom stereocenters. The molecule has 2 aliphatic rings. The second-order valence-corrected chi connectivity index (χ2v) is 6.50. The molecule has 1 fully saturated rings. The number of likely N-dealkylation sites (tertiary alicyclic amines) is 1. The number of ketones is 1. The lowest BCUT2D eigenvalue weighted by Gasteiger charge is -2.35. The van der Waals surface area contributed by atoms with Crippen LogP contribution in [0.2, 0.25) is 0 Å². The predicted octanol–water partition coefficient (Wildman–Crippen LogP) is 2.48. The minimum absolute atomic E-state index is 0.0692. The van der Waals surface area contributed by atoms with Gasteiger partial charge >= 0.3 is 0 Å². The summed E-state index contributed by atoms with van der Waals surface area (Å²) < 4.78 is 0. The quantitative estimate of drug-likeness (QED) is 0.659. The molecule has 0 radical (unpaired) electrons. The maximum Gasteiger partial charge on any atom is 0.224 e. The van der Waals surface area contributed by atoms with Crippen molar-refractivity contribution in [3.63, 3.8) is 0 Å². The lowest BCUT2D eigenvalue weighted by atomic mass is 9.74. The second kappa shape index (κ2) is 3.81. The number of hydrogen-bond donors (Lipinski definition) is 0. The predicted molar refractivity (Wildman–Crippen MR) is 71.0 cm³/mol. The highest BCUT2D eigenvalue weighted by atomic mass is 16.2. The molecule has 0 saturated carbocycles. The molecular weight excluding hydrogens is 226 g/mol. The van der Waals surface area contributed by atoms with E-state index in [9.17, 15) is 9.59 Å². The standard InChI is InChI=1S/C15H21NO2/c1-10-7-15(11(2)6-12(10)17)8-13(18)16(9-15)14(3,4)5/h6-7H,8-9H2,1-5H3. The minimum atomic E-state index is -0.262. The van der Waals surface area contributed by atoms with E-state index in [0.29, 0.717) is 13.0 Å². The lowest BCUT2D eigenvalue weighted by Crippen LogP contribution is -2.43. The first-order chi connectivity index (χ1) is 8.16. The summed E-state index contributed by atoms with van der Waals surface area (Å²) in [6.07, 6.45) is 4.17. The normalized spacial score (nSPS) is 28.8. The highest BCUT2D eigenvalue weighted by Crippen LogP contribution is 2.44. The molecule has 98 valence electrons. The Labute approximate surface area is 109 Å². The summed E-state index contributed by atoms with van der Waals surface area (Å²) in [6.45, 7) is 10.6. The van der Waals surface area contributed by atoms with Gasteiger partial charge in [-0.15, -0.1) is 0 Å². The fourth-order valence-corrected chi connectivity index (χ4v) is 2.82. The Morgan fingerprint density at radius 3 is 2.33 bits per heavy atom. The number of carbonyl (C=O) groups excluding carboxylic acids is 2. The molecule has 0 aromatic heterocycles. The number of nitrogens with zero attached hydrogens (tertiary/aromatic N) is 1. The van der Waals surface area contributed by atoms with Gasteiger partial charge in [0, 0.05) is 23.9 Å². The van der Waals surface area contributed by atoms with Gasteiger partial charge in [-0.2, -0.15) is 0 Å². The van der Waals surface area contributed by atoms with Crippen molar-refractivity contribution in [2.75, 3.05) is 6.54 Å². The van der Waals surface area contributed by atoms with Crippen LogP contribution in [0.5, 0.6) is 0 Å². The van der Waals surface area contributed by atoms with E-state index >= 15 is 0 Å². The lowest BCUT2D eigenvalue weighted by molar-refractivity contribution is -0.131. The smallest absolute Gasteiger partial charge is 0.224 e. The fourth-order valence-electron chi connectivity index (χ4n) is 2.82. The highest BCUT2D eigenvalue weighted by Gasteiger charge is 2.47. The van der Waals surface area contributed by atoms with Gasteiger partial charge in [-0.05, 0) is 46.3 Å². The van der Waals surface area contributed by atoms with Gasteiger partial charge in [-0.3, -0.25) is 9.59 Å². The van der Waals surface area contributed by atoms with Gasteiger partial charge in [-0.25, -0.2) is 0 Å². The third-order valence-corrected chi connectivity index (χ3v) is 4.03. The monoisotopic (exact) mass is 247 g/mol. The number of carbonyl (C=O) groups is 2. The third kappa shape index (κ3) is 1.92. The second-order valence-electron chi connectivity index (χ2n) is 6.50. The van der Waals surface area contributed by atoms with Gasteiger partial charge in [0.1, 0.15) is 0 Å².